The van der Waals surface area contributed by atoms with Gasteiger partial charge in [-0.25, -0.2) is 4.98 Å². The Hall–Kier alpha value is -3.73. The number of hydrogen-bond donors (Lipinski definition) is 0. The number of fused-ring (bicyclic) bond motifs is 1. The second-order valence-electron chi connectivity index (χ2n) is 7.05. The molecule has 0 saturated heterocycles. The molecule has 0 spiro atoms. The van der Waals surface area contributed by atoms with E-state index in [0.29, 0.717) is 16.7 Å². The van der Waals surface area contributed by atoms with Crippen molar-refractivity contribution < 1.29 is 4.74 Å². The predicted molar refractivity (Wildman–Crippen MR) is 121 cm³/mol. The summed E-state index contributed by atoms with van der Waals surface area (Å²) in [6.07, 6.45) is 2.64. The van der Waals surface area contributed by atoms with Crippen LogP contribution in [0.15, 0.2) is 88.8 Å². The lowest BCUT2D eigenvalue weighted by atomic mass is 10.2. The van der Waals surface area contributed by atoms with Gasteiger partial charge in [-0.1, -0.05) is 61.5 Å². The van der Waals surface area contributed by atoms with Crippen molar-refractivity contribution in [3.05, 3.63) is 94.8 Å². The Bertz CT molecular complexity index is 1250. The van der Waals surface area contributed by atoms with E-state index in [0.717, 1.165) is 23.3 Å². The summed E-state index contributed by atoms with van der Waals surface area (Å²) in [4.78, 5) is 18.0. The fourth-order valence-corrected chi connectivity index (χ4v) is 3.12. The zero-order valence-corrected chi connectivity index (χ0v) is 17.0. The van der Waals surface area contributed by atoms with Gasteiger partial charge in [0.1, 0.15) is 5.75 Å². The van der Waals surface area contributed by atoms with Gasteiger partial charge in [-0.15, -0.1) is 0 Å². The fourth-order valence-electron chi connectivity index (χ4n) is 3.12. The number of nitrogens with zero attached hydrogens (tertiary/aromatic N) is 3. The minimum absolute atomic E-state index is 0.0875. The molecular formula is C25H23N3O2. The molecular weight excluding hydrogens is 374 g/mol. The Morgan fingerprint density at radius 2 is 1.70 bits per heavy atom. The first-order valence-corrected chi connectivity index (χ1v) is 10.0. The van der Waals surface area contributed by atoms with Gasteiger partial charge in [-0.3, -0.25) is 4.79 Å². The Morgan fingerprint density at radius 1 is 1.00 bits per heavy atom. The van der Waals surface area contributed by atoms with Crippen LogP contribution in [0, 0.1) is 0 Å². The van der Waals surface area contributed by atoms with Crippen LogP contribution in [0.1, 0.15) is 25.8 Å². The van der Waals surface area contributed by atoms with Gasteiger partial charge < -0.3 is 4.74 Å². The molecule has 3 aromatic carbocycles. The molecule has 0 aliphatic heterocycles. The molecule has 30 heavy (non-hydrogen) atoms. The molecule has 0 bridgehead atoms. The van der Waals surface area contributed by atoms with Crippen LogP contribution in [0.4, 0.5) is 0 Å². The number of rotatable bonds is 6. The predicted octanol–water partition coefficient (Wildman–Crippen LogP) is 5.12. The summed E-state index contributed by atoms with van der Waals surface area (Å²) in [5.74, 6) is 1.23. The van der Waals surface area contributed by atoms with Crippen molar-refractivity contribution in [3.63, 3.8) is 0 Å². The van der Waals surface area contributed by atoms with Gasteiger partial charge in [0, 0.05) is 11.1 Å². The third-order valence-electron chi connectivity index (χ3n) is 4.92. The Morgan fingerprint density at radius 3 is 2.50 bits per heavy atom. The monoisotopic (exact) mass is 397 g/mol. The van der Waals surface area contributed by atoms with Crippen molar-refractivity contribution in [2.24, 2.45) is 5.10 Å². The standard InChI is InChI=1S/C25H23N3O2/c1-3-18(2)30-23-16-10-7-13-20(23)17-26-28-24(19-11-5-4-6-12-19)27-22-15-9-8-14-21(22)25(28)29/h4-18H,3H2,1-2H3/t18-/m0/s1. The number of para-hydroxylation sites is 2. The number of aromatic nitrogens is 2. The maximum absolute atomic E-state index is 13.2. The summed E-state index contributed by atoms with van der Waals surface area (Å²) in [5, 5.41) is 5.06. The SMILES string of the molecule is CC[C@H](C)Oc1ccccc1C=Nn1c(-c2ccccc2)nc2ccccc2c1=O. The van der Waals surface area contributed by atoms with Crippen molar-refractivity contribution in [2.75, 3.05) is 0 Å². The summed E-state index contributed by atoms with van der Waals surface area (Å²) in [6, 6.07) is 24.6. The van der Waals surface area contributed by atoms with Crippen LogP contribution in [-0.4, -0.2) is 22.0 Å². The van der Waals surface area contributed by atoms with Crippen LogP contribution in [0.3, 0.4) is 0 Å². The zero-order chi connectivity index (χ0) is 20.9. The minimum Gasteiger partial charge on any atom is -0.490 e. The maximum atomic E-state index is 13.2. The first-order valence-electron chi connectivity index (χ1n) is 10.0. The Labute approximate surface area is 175 Å². The van der Waals surface area contributed by atoms with Gasteiger partial charge in [0.2, 0.25) is 0 Å². The largest absolute Gasteiger partial charge is 0.490 e. The Kier molecular flexibility index (Phi) is 5.70. The normalized spacial score (nSPS) is 12.3. The van der Waals surface area contributed by atoms with E-state index in [-0.39, 0.29) is 11.7 Å². The van der Waals surface area contributed by atoms with E-state index < -0.39 is 0 Å². The van der Waals surface area contributed by atoms with Crippen molar-refractivity contribution >= 4 is 17.1 Å². The van der Waals surface area contributed by atoms with E-state index in [1.165, 1.54) is 4.68 Å². The molecule has 0 saturated carbocycles. The highest BCUT2D eigenvalue weighted by Crippen LogP contribution is 2.21. The lowest BCUT2D eigenvalue weighted by molar-refractivity contribution is 0.217. The maximum Gasteiger partial charge on any atom is 0.282 e. The van der Waals surface area contributed by atoms with Crippen molar-refractivity contribution in [1.82, 2.24) is 9.66 Å². The van der Waals surface area contributed by atoms with Crippen LogP contribution < -0.4 is 10.3 Å². The van der Waals surface area contributed by atoms with E-state index in [2.05, 4.69) is 12.0 Å². The molecule has 1 atom stereocenters. The van der Waals surface area contributed by atoms with E-state index >= 15 is 0 Å². The van der Waals surface area contributed by atoms with Gasteiger partial charge in [0.05, 0.1) is 23.2 Å². The molecule has 1 heterocycles. The molecule has 5 nitrogen and oxygen atoms in total. The summed E-state index contributed by atoms with van der Waals surface area (Å²) < 4.78 is 7.36. The van der Waals surface area contributed by atoms with Gasteiger partial charge in [-0.05, 0) is 37.6 Å². The molecule has 0 unspecified atom stereocenters. The van der Waals surface area contributed by atoms with Crippen molar-refractivity contribution in [3.8, 4) is 17.1 Å². The van der Waals surface area contributed by atoms with Crippen LogP contribution >= 0.6 is 0 Å². The van der Waals surface area contributed by atoms with Crippen LogP contribution in [-0.2, 0) is 0 Å². The first-order chi connectivity index (χ1) is 14.7. The quantitative estimate of drug-likeness (QED) is 0.424. The highest BCUT2D eigenvalue weighted by Gasteiger charge is 2.12. The molecule has 4 aromatic rings. The molecule has 0 radical (unpaired) electrons. The third-order valence-corrected chi connectivity index (χ3v) is 4.92. The topological polar surface area (TPSA) is 56.5 Å². The van der Waals surface area contributed by atoms with Crippen LogP contribution in [0.2, 0.25) is 0 Å². The average Bonchev–Trinajstić information content (AvgIpc) is 2.79. The summed E-state index contributed by atoms with van der Waals surface area (Å²) in [6.45, 7) is 4.10. The smallest absolute Gasteiger partial charge is 0.282 e. The number of ether oxygens (including phenoxy) is 1. The second-order valence-corrected chi connectivity index (χ2v) is 7.05. The van der Waals surface area contributed by atoms with Crippen molar-refractivity contribution in [2.45, 2.75) is 26.4 Å². The molecule has 5 heteroatoms. The van der Waals surface area contributed by atoms with Crippen LogP contribution in [0.5, 0.6) is 5.75 Å². The van der Waals surface area contributed by atoms with Gasteiger partial charge in [-0.2, -0.15) is 9.78 Å². The summed E-state index contributed by atoms with van der Waals surface area (Å²) in [5.41, 5.74) is 2.06. The van der Waals surface area contributed by atoms with Gasteiger partial charge >= 0.3 is 0 Å². The Balaban J connectivity index is 1.85. The lowest BCUT2D eigenvalue weighted by Crippen LogP contribution is -2.20. The van der Waals surface area contributed by atoms with E-state index in [4.69, 9.17) is 9.72 Å². The molecule has 4 rings (SSSR count). The summed E-state index contributed by atoms with van der Waals surface area (Å²) in [7, 11) is 0. The highest BCUT2D eigenvalue weighted by molar-refractivity contribution is 5.84. The van der Waals surface area contributed by atoms with Gasteiger partial charge in [0.15, 0.2) is 5.82 Å². The van der Waals surface area contributed by atoms with E-state index in [1.54, 1.807) is 12.3 Å². The first kappa shape index (κ1) is 19.6. The molecule has 0 amide bonds. The minimum atomic E-state index is -0.212. The second kappa shape index (κ2) is 8.74. The fraction of sp³-hybridized carbons (Fsp3) is 0.160. The van der Waals surface area contributed by atoms with Crippen molar-refractivity contribution in [1.29, 1.82) is 0 Å². The molecule has 150 valence electrons. The third kappa shape index (κ3) is 4.01. The van der Waals surface area contributed by atoms with E-state index in [9.17, 15) is 4.79 Å². The van der Waals surface area contributed by atoms with Crippen LogP contribution in [0.25, 0.3) is 22.3 Å². The highest BCUT2D eigenvalue weighted by atomic mass is 16.5. The molecule has 0 N–H and O–H groups in total. The molecule has 1 aromatic heterocycles. The molecule has 0 aliphatic rings. The average molecular weight is 397 g/mol. The molecule has 0 aliphatic carbocycles. The summed E-state index contributed by atoms with van der Waals surface area (Å²) >= 11 is 0. The number of benzene rings is 3. The zero-order valence-electron chi connectivity index (χ0n) is 17.0. The molecule has 0 fully saturated rings. The van der Waals surface area contributed by atoms with Gasteiger partial charge in [0.25, 0.3) is 5.56 Å². The van der Waals surface area contributed by atoms with E-state index in [1.807, 2.05) is 79.7 Å². The lowest BCUT2D eigenvalue weighted by Gasteiger charge is -2.14. The number of hydrogen-bond acceptors (Lipinski definition) is 4.